The first kappa shape index (κ1) is 418. The van der Waals surface area contributed by atoms with E-state index < -0.39 is 20.8 Å². The molecule has 226 valence electrons. The molecule has 0 radical (unpaired) electrons. The maximum absolute atomic E-state index is 8.74. The monoisotopic (exact) mass is 594 g/mol. The number of hydrogen-bond donors (Lipinski definition) is 4. The molecule has 0 aromatic rings. The predicted octanol–water partition coefficient (Wildman–Crippen LogP) is -18.3. The van der Waals surface area contributed by atoms with E-state index in [-0.39, 0.29) is 147 Å². The van der Waals surface area contributed by atoms with E-state index in [0.717, 1.165) is 0 Å². The quantitative estimate of drug-likeness (QED) is 0.153. The molecule has 0 heterocycles. The number of rotatable bonds is 0. The molecule has 31 heavy (non-hydrogen) atoms. The van der Waals surface area contributed by atoms with Crippen LogP contribution in [0.2, 0.25) is 0 Å². The minimum absolute atomic E-state index is 0. The van der Waals surface area contributed by atoms with Gasteiger partial charge in [-0.05, 0) is 0 Å². The van der Waals surface area contributed by atoms with Crippen molar-refractivity contribution < 1.29 is 142 Å². The summed E-state index contributed by atoms with van der Waals surface area (Å²) in [5, 5.41) is 0. The van der Waals surface area contributed by atoms with E-state index in [0.29, 0.717) is 0 Å². The van der Waals surface area contributed by atoms with Crippen LogP contribution in [0.15, 0.2) is 0 Å². The van der Waals surface area contributed by atoms with Crippen LogP contribution in [0, 0.1) is 0 Å². The van der Waals surface area contributed by atoms with E-state index in [4.69, 9.17) is 35.0 Å². The fourth-order valence-corrected chi connectivity index (χ4v) is 0. The summed E-state index contributed by atoms with van der Waals surface area (Å²) in [6.07, 6.45) is 0. The van der Waals surface area contributed by atoms with Gasteiger partial charge in [0.15, 0.2) is 17.4 Å². The van der Waals surface area contributed by atoms with Gasteiger partial charge in [0, 0.05) is 0 Å². The topological polar surface area (TPSA) is 748 Å². The van der Waals surface area contributed by atoms with Crippen molar-refractivity contribution in [3.8, 4) is 0 Å². The molecule has 0 spiro atoms. The van der Waals surface area contributed by atoms with Gasteiger partial charge in [0.2, 0.25) is 0 Å². The average Bonchev–Trinajstić information content (AvgIpc) is 1.12. The molecule has 0 amide bonds. The SMILES string of the molecule is O.O.O.O.O.O.O.O.O.O.O.O.O.O.O.O.O.O.O.O=S(=O)(O)O.O=S(=O)(O)O.[AlH3].[H-].[H-].[Mg+2]. The first-order valence-electron chi connectivity index (χ1n) is 1.40. The minimum atomic E-state index is -4.67. The Bertz CT molecular complexity index is 230. The second-order valence-electron chi connectivity index (χ2n) is 0.896. The summed E-state index contributed by atoms with van der Waals surface area (Å²) in [6.45, 7) is 0. The number of hydrogen-bond acceptors (Lipinski definition) is 4. The molecular weight excluding hydrogens is 547 g/mol. The second-order valence-corrected chi connectivity index (χ2v) is 2.69. The van der Waals surface area contributed by atoms with Crippen LogP contribution in [0.25, 0.3) is 0 Å². The third-order valence-electron chi connectivity index (χ3n) is 0. The molecule has 0 saturated carbocycles. The van der Waals surface area contributed by atoms with E-state index in [2.05, 4.69) is 0 Å². The first-order valence-corrected chi connectivity index (χ1v) is 4.19. The molecule has 0 aliphatic heterocycles. The molecule has 0 bridgehead atoms. The molecule has 0 aliphatic carbocycles. The Morgan fingerprint density at radius 2 is 0.323 bits per heavy atom. The molecule has 0 atom stereocenters. The summed E-state index contributed by atoms with van der Waals surface area (Å²) in [4.78, 5) is 0. The van der Waals surface area contributed by atoms with Gasteiger partial charge >= 0.3 is 43.9 Å². The third kappa shape index (κ3) is 312000. The Morgan fingerprint density at radius 1 is 0.323 bits per heavy atom. The van der Waals surface area contributed by atoms with Crippen molar-refractivity contribution in [3.63, 3.8) is 0 Å². The summed E-state index contributed by atoms with van der Waals surface area (Å²) >= 11 is 0. The zero-order valence-corrected chi connectivity index (χ0v) is 17.5. The maximum Gasteiger partial charge on any atom is 2.00 e. The minimum Gasteiger partial charge on any atom is -1.00 e. The van der Waals surface area contributed by atoms with Crippen LogP contribution in [0.5, 0.6) is 0 Å². The summed E-state index contributed by atoms with van der Waals surface area (Å²) in [6, 6.07) is 0. The van der Waals surface area contributed by atoms with Gasteiger partial charge in [0.25, 0.3) is 0 Å². The average molecular weight is 595 g/mol. The van der Waals surface area contributed by atoms with Crippen LogP contribution in [-0.4, -0.2) is 180 Å². The van der Waals surface area contributed by atoms with E-state index in [1.165, 1.54) is 0 Å². The van der Waals surface area contributed by atoms with Crippen LogP contribution < -0.4 is 0 Å². The van der Waals surface area contributed by atoms with Gasteiger partial charge < -0.3 is 107 Å². The predicted molar refractivity (Wildman–Crippen MR) is 115 cm³/mol. The van der Waals surface area contributed by atoms with Gasteiger partial charge in [-0.2, -0.15) is 16.8 Å². The van der Waals surface area contributed by atoms with E-state index in [9.17, 15) is 0 Å². The molecule has 0 fully saturated rings. The molecule has 27 nitrogen and oxygen atoms in total. The zero-order chi connectivity index (χ0) is 9.00. The van der Waals surface area contributed by atoms with Crippen molar-refractivity contribution in [3.05, 3.63) is 0 Å². The van der Waals surface area contributed by atoms with Crippen molar-refractivity contribution in [2.45, 2.75) is 0 Å². The van der Waals surface area contributed by atoms with Gasteiger partial charge in [-0.1, -0.05) is 0 Å². The molecule has 31 heteroatoms. The van der Waals surface area contributed by atoms with Crippen LogP contribution in [0.3, 0.4) is 0 Å². The van der Waals surface area contributed by atoms with Crippen molar-refractivity contribution in [1.29, 1.82) is 0 Å². The Kier molecular flexibility index (Phi) is 2320. The van der Waals surface area contributed by atoms with Crippen molar-refractivity contribution in [1.82, 2.24) is 0 Å². The Morgan fingerprint density at radius 3 is 0.323 bits per heavy atom. The first-order chi connectivity index (χ1) is 4.00. The van der Waals surface area contributed by atoms with E-state index in [1.54, 1.807) is 0 Å². The van der Waals surface area contributed by atoms with Gasteiger partial charge in [0.05, 0.1) is 0 Å². The molecular formula is H47AlMgO27S2. The van der Waals surface area contributed by atoms with E-state index >= 15 is 0 Å². The molecule has 0 unspecified atom stereocenters. The summed E-state index contributed by atoms with van der Waals surface area (Å²) < 4.78 is 63.2. The normalized spacial score (nSPS) is 3.74. The molecule has 0 saturated heterocycles. The third-order valence-corrected chi connectivity index (χ3v) is 0. The van der Waals surface area contributed by atoms with Crippen LogP contribution in [-0.2, 0) is 20.8 Å². The van der Waals surface area contributed by atoms with Gasteiger partial charge in [0.1, 0.15) is 0 Å². The molecule has 0 aliphatic rings. The van der Waals surface area contributed by atoms with Crippen LogP contribution in [0.4, 0.5) is 0 Å². The molecule has 0 aromatic carbocycles. The zero-order valence-electron chi connectivity index (χ0n) is 16.4. The Hall–Kier alpha value is 0.279. The summed E-state index contributed by atoms with van der Waals surface area (Å²) in [7, 11) is -9.33. The molecule has 0 rings (SSSR count). The van der Waals surface area contributed by atoms with E-state index in [1.807, 2.05) is 0 Å². The van der Waals surface area contributed by atoms with Crippen LogP contribution >= 0.6 is 0 Å². The van der Waals surface area contributed by atoms with Crippen molar-refractivity contribution in [2.24, 2.45) is 0 Å². The Balaban J connectivity index is -0.000000000994. The molecule has 0 aromatic heterocycles. The smallest absolute Gasteiger partial charge is 1.00 e. The largest absolute Gasteiger partial charge is 2.00 e. The van der Waals surface area contributed by atoms with Gasteiger partial charge in [-0.25, -0.2) is 0 Å². The van der Waals surface area contributed by atoms with Crippen LogP contribution in [0.1, 0.15) is 2.85 Å². The standard InChI is InChI=1S/Al.Mg.2H2O4S.19H2O.5H/c;;2*1-5(2,3)4;;;;;;;;;;;;;;;;;;;;;;;;/h;;2*(H2,1,2,3,4);19*1H2;;;;;/q;+2;;;;;;;;;;;;;;;;;;;;;;;;;2*-1. The summed E-state index contributed by atoms with van der Waals surface area (Å²) in [5.74, 6) is 0. The van der Waals surface area contributed by atoms with Gasteiger partial charge in [-0.3, -0.25) is 18.2 Å². The maximum atomic E-state index is 8.74. The summed E-state index contributed by atoms with van der Waals surface area (Å²) in [5.41, 5.74) is 0. The fraction of sp³-hybridized carbons (Fsp3) is 0. The van der Waals surface area contributed by atoms with Gasteiger partial charge in [-0.15, -0.1) is 0 Å². The Labute approximate surface area is 203 Å². The van der Waals surface area contributed by atoms with Crippen molar-refractivity contribution >= 4 is 61.2 Å². The van der Waals surface area contributed by atoms with Crippen molar-refractivity contribution in [2.75, 3.05) is 0 Å². The fourth-order valence-electron chi connectivity index (χ4n) is 0. The molecule has 42 N–H and O–H groups in total. The second kappa shape index (κ2) is 172.